The summed E-state index contributed by atoms with van der Waals surface area (Å²) in [6.07, 6.45) is 5.29. The van der Waals surface area contributed by atoms with Gasteiger partial charge in [0.1, 0.15) is 5.82 Å². The van der Waals surface area contributed by atoms with Gasteiger partial charge in [0, 0.05) is 11.6 Å². The molecule has 0 bridgehead atoms. The van der Waals surface area contributed by atoms with Crippen LogP contribution in [-0.2, 0) is 4.79 Å². The Morgan fingerprint density at radius 3 is 2.62 bits per heavy atom. The van der Waals surface area contributed by atoms with Crippen molar-refractivity contribution < 1.29 is 18.4 Å². The minimum Gasteiger partial charge on any atom is -0.411 e. The van der Waals surface area contributed by atoms with Crippen LogP contribution in [0.2, 0.25) is 0 Å². The molecule has 26 heavy (non-hydrogen) atoms. The maximum Gasteiger partial charge on any atom is 0.321 e. The quantitative estimate of drug-likeness (QED) is 0.776. The molecule has 0 spiro atoms. The van der Waals surface area contributed by atoms with Crippen molar-refractivity contribution in [2.45, 2.75) is 43.4 Å². The highest BCUT2D eigenvalue weighted by atomic mass is 32.2. The van der Waals surface area contributed by atoms with Crippen LogP contribution in [0.25, 0.3) is 11.5 Å². The molecule has 7 nitrogen and oxygen atoms in total. The van der Waals surface area contributed by atoms with E-state index in [2.05, 4.69) is 20.8 Å². The molecule has 0 radical (unpaired) electrons. The molecule has 9 heteroatoms. The predicted octanol–water partition coefficient (Wildman–Crippen LogP) is 3.13. The maximum absolute atomic E-state index is 12.9. The van der Waals surface area contributed by atoms with Crippen molar-refractivity contribution in [3.8, 4) is 11.5 Å². The Labute approximate surface area is 154 Å². The maximum atomic E-state index is 12.9. The third-order valence-electron chi connectivity index (χ3n) is 4.02. The standard InChI is InChI=1S/C17H19FN4O3S/c18-12-8-6-11(7-9-12)15-21-22-17(25-15)26-10-14(23)20-16(24)19-13-4-2-1-3-5-13/h6-9,13H,1-5,10H2,(H2,19,20,23,24). The number of urea groups is 1. The van der Waals surface area contributed by atoms with Crippen LogP contribution < -0.4 is 10.6 Å². The third kappa shape index (κ3) is 5.29. The van der Waals surface area contributed by atoms with E-state index < -0.39 is 11.9 Å². The van der Waals surface area contributed by atoms with Gasteiger partial charge in [-0.05, 0) is 37.1 Å². The second-order valence-corrected chi connectivity index (χ2v) is 6.95. The van der Waals surface area contributed by atoms with Crippen molar-refractivity contribution in [3.05, 3.63) is 30.1 Å². The number of nitrogens with one attached hydrogen (secondary N) is 2. The van der Waals surface area contributed by atoms with Gasteiger partial charge in [-0.25, -0.2) is 9.18 Å². The van der Waals surface area contributed by atoms with Crippen molar-refractivity contribution in [2.75, 3.05) is 5.75 Å². The number of amides is 3. The molecule has 138 valence electrons. The molecule has 1 fully saturated rings. The molecule has 1 aromatic heterocycles. The summed E-state index contributed by atoms with van der Waals surface area (Å²) in [5.41, 5.74) is 0.585. The largest absolute Gasteiger partial charge is 0.411 e. The molecule has 2 aromatic rings. The van der Waals surface area contributed by atoms with Gasteiger partial charge in [-0.3, -0.25) is 10.1 Å². The summed E-state index contributed by atoms with van der Waals surface area (Å²) in [6.45, 7) is 0. The first-order valence-electron chi connectivity index (χ1n) is 8.43. The summed E-state index contributed by atoms with van der Waals surface area (Å²) in [5.74, 6) is -0.581. The number of nitrogens with zero attached hydrogens (tertiary/aromatic N) is 2. The Balaban J connectivity index is 1.44. The van der Waals surface area contributed by atoms with Gasteiger partial charge in [-0.1, -0.05) is 31.0 Å². The highest BCUT2D eigenvalue weighted by Gasteiger charge is 2.17. The van der Waals surface area contributed by atoms with Gasteiger partial charge in [-0.2, -0.15) is 0 Å². The topological polar surface area (TPSA) is 97.1 Å². The summed E-state index contributed by atoms with van der Waals surface area (Å²) in [7, 11) is 0. The zero-order valence-corrected chi connectivity index (χ0v) is 14.9. The zero-order valence-electron chi connectivity index (χ0n) is 14.0. The lowest BCUT2D eigenvalue weighted by Crippen LogP contribution is -2.45. The molecule has 3 amide bonds. The van der Waals surface area contributed by atoms with Crippen LogP contribution in [0, 0.1) is 5.82 Å². The van der Waals surface area contributed by atoms with E-state index in [1.807, 2.05) is 0 Å². The van der Waals surface area contributed by atoms with E-state index in [9.17, 15) is 14.0 Å². The van der Waals surface area contributed by atoms with Crippen LogP contribution in [-0.4, -0.2) is 33.9 Å². The van der Waals surface area contributed by atoms with Crippen LogP contribution in [0.1, 0.15) is 32.1 Å². The molecule has 2 N–H and O–H groups in total. The molecule has 1 aromatic carbocycles. The first-order valence-corrected chi connectivity index (χ1v) is 9.41. The van der Waals surface area contributed by atoms with Crippen LogP contribution in [0.15, 0.2) is 33.9 Å². The minimum atomic E-state index is -0.472. The summed E-state index contributed by atoms with van der Waals surface area (Å²) >= 11 is 1.03. The van der Waals surface area contributed by atoms with Crippen molar-refractivity contribution in [1.29, 1.82) is 0 Å². The summed E-state index contributed by atoms with van der Waals surface area (Å²) in [4.78, 5) is 23.7. The summed E-state index contributed by atoms with van der Waals surface area (Å²) in [5, 5.41) is 13.0. The Bertz CT molecular complexity index is 760. The van der Waals surface area contributed by atoms with Gasteiger partial charge in [0.2, 0.25) is 11.8 Å². The third-order valence-corrected chi connectivity index (χ3v) is 4.84. The van der Waals surface area contributed by atoms with E-state index in [1.165, 1.54) is 30.7 Å². The number of rotatable bonds is 5. The second-order valence-electron chi connectivity index (χ2n) is 6.03. The van der Waals surface area contributed by atoms with E-state index in [4.69, 9.17) is 4.42 Å². The number of carbonyl (C=O) groups is 2. The number of halogens is 1. The molecule has 3 rings (SSSR count). The molecule has 1 aliphatic rings. The molecule has 0 aliphatic heterocycles. The van der Waals surface area contributed by atoms with E-state index in [-0.39, 0.29) is 28.7 Å². The van der Waals surface area contributed by atoms with E-state index in [1.54, 1.807) is 0 Å². The Kier molecular flexibility index (Phi) is 6.21. The fourth-order valence-electron chi connectivity index (χ4n) is 2.74. The lowest BCUT2D eigenvalue weighted by molar-refractivity contribution is -0.117. The summed E-state index contributed by atoms with van der Waals surface area (Å²) < 4.78 is 18.3. The normalized spacial score (nSPS) is 14.8. The van der Waals surface area contributed by atoms with E-state index in [0.29, 0.717) is 5.56 Å². The fourth-order valence-corrected chi connectivity index (χ4v) is 3.30. The van der Waals surface area contributed by atoms with Crippen LogP contribution in [0.3, 0.4) is 0 Å². The van der Waals surface area contributed by atoms with Crippen molar-refractivity contribution in [1.82, 2.24) is 20.8 Å². The van der Waals surface area contributed by atoms with Gasteiger partial charge in [0.05, 0.1) is 5.75 Å². The first-order chi connectivity index (χ1) is 12.6. The van der Waals surface area contributed by atoms with E-state index >= 15 is 0 Å². The van der Waals surface area contributed by atoms with Crippen LogP contribution in [0.5, 0.6) is 0 Å². The van der Waals surface area contributed by atoms with Crippen molar-refractivity contribution in [3.63, 3.8) is 0 Å². The Hall–Kier alpha value is -2.42. The SMILES string of the molecule is O=C(CSc1nnc(-c2ccc(F)cc2)o1)NC(=O)NC1CCCCC1. The van der Waals surface area contributed by atoms with Crippen molar-refractivity contribution in [2.24, 2.45) is 0 Å². The van der Waals surface area contributed by atoms with Crippen molar-refractivity contribution >= 4 is 23.7 Å². The molecule has 0 atom stereocenters. The first kappa shape index (κ1) is 18.4. The smallest absolute Gasteiger partial charge is 0.321 e. The monoisotopic (exact) mass is 378 g/mol. The number of carbonyl (C=O) groups excluding carboxylic acids is 2. The average molecular weight is 378 g/mol. The average Bonchev–Trinajstić information content (AvgIpc) is 3.10. The van der Waals surface area contributed by atoms with Gasteiger partial charge in [-0.15, -0.1) is 10.2 Å². The second kappa shape index (κ2) is 8.79. The highest BCUT2D eigenvalue weighted by Crippen LogP contribution is 2.23. The summed E-state index contributed by atoms with van der Waals surface area (Å²) in [6, 6.07) is 5.31. The highest BCUT2D eigenvalue weighted by molar-refractivity contribution is 7.99. The minimum absolute atomic E-state index is 0.0247. The number of hydrogen-bond donors (Lipinski definition) is 2. The van der Waals surface area contributed by atoms with Crippen LogP contribution >= 0.6 is 11.8 Å². The molecule has 0 unspecified atom stereocenters. The van der Waals surface area contributed by atoms with Crippen LogP contribution in [0.4, 0.5) is 9.18 Å². The molecule has 0 saturated heterocycles. The molecule has 1 aliphatic carbocycles. The number of thioether (sulfide) groups is 1. The molecule has 1 saturated carbocycles. The molecular formula is C17H19FN4O3S. The van der Waals surface area contributed by atoms with Gasteiger partial charge in [0.25, 0.3) is 5.22 Å². The number of aromatic nitrogens is 2. The Morgan fingerprint density at radius 1 is 1.15 bits per heavy atom. The fraction of sp³-hybridized carbons (Fsp3) is 0.412. The molecule has 1 heterocycles. The zero-order chi connectivity index (χ0) is 18.4. The number of benzene rings is 1. The van der Waals surface area contributed by atoms with Gasteiger partial charge < -0.3 is 9.73 Å². The molecular weight excluding hydrogens is 359 g/mol. The van der Waals surface area contributed by atoms with E-state index in [0.717, 1.165) is 37.4 Å². The lowest BCUT2D eigenvalue weighted by atomic mass is 9.96. The van der Waals surface area contributed by atoms with Gasteiger partial charge >= 0.3 is 6.03 Å². The van der Waals surface area contributed by atoms with Gasteiger partial charge in [0.15, 0.2) is 0 Å². The predicted molar refractivity (Wildman–Crippen MR) is 94.0 cm³/mol. The number of hydrogen-bond acceptors (Lipinski definition) is 6. The number of imide groups is 1. The lowest BCUT2D eigenvalue weighted by Gasteiger charge is -2.22. The Morgan fingerprint density at radius 2 is 1.88 bits per heavy atom.